The van der Waals surface area contributed by atoms with Gasteiger partial charge in [-0.2, -0.15) is 9.97 Å². The number of nitrogen functional groups attached to an aromatic ring is 2. The van der Waals surface area contributed by atoms with Crippen LogP contribution < -0.4 is 21.7 Å². The normalized spacial score (nSPS) is 11.5. The first-order valence-corrected chi connectivity index (χ1v) is 10.5. The Kier molecular flexibility index (Phi) is 7.92. The van der Waals surface area contributed by atoms with Crippen molar-refractivity contribution >= 4 is 46.5 Å². The number of ether oxygens (including phenoxy) is 2. The summed E-state index contributed by atoms with van der Waals surface area (Å²) in [4.78, 5) is 54.6. The van der Waals surface area contributed by atoms with Crippen molar-refractivity contribution < 1.29 is 23.9 Å². The lowest BCUT2D eigenvalue weighted by atomic mass is 10.1. The molecule has 0 aliphatic carbocycles. The molecule has 2 aromatic heterocycles. The van der Waals surface area contributed by atoms with Gasteiger partial charge in [0.1, 0.15) is 6.04 Å². The molecule has 3 aromatic rings. The summed E-state index contributed by atoms with van der Waals surface area (Å²) in [6, 6.07) is 5.77. The quantitative estimate of drug-likeness (QED) is 0.358. The highest BCUT2D eigenvalue weighted by atomic mass is 16.5. The second-order valence-electron chi connectivity index (χ2n) is 7.57. The largest absolute Gasteiger partial charge is 0.469 e. The zero-order chi connectivity index (χ0) is 25.5. The SMILES string of the molecule is COC(=O)CC[C@@H](NC(=O)c1ccc(N(C)Cc2cnc3nc(N)nc(N)c3n2)cc1)C(=O)OC. The van der Waals surface area contributed by atoms with Gasteiger partial charge in [0.05, 0.1) is 32.7 Å². The molecule has 2 heterocycles. The molecule has 13 nitrogen and oxygen atoms in total. The van der Waals surface area contributed by atoms with Crippen LogP contribution in [0, 0.1) is 0 Å². The molecule has 0 radical (unpaired) electrons. The number of aromatic nitrogens is 4. The number of methoxy groups -OCH3 is 2. The van der Waals surface area contributed by atoms with E-state index in [1.165, 1.54) is 14.2 Å². The van der Waals surface area contributed by atoms with Crippen molar-refractivity contribution in [3.8, 4) is 0 Å². The summed E-state index contributed by atoms with van der Waals surface area (Å²) in [5.41, 5.74) is 13.9. The summed E-state index contributed by atoms with van der Waals surface area (Å²) < 4.78 is 9.30. The Bertz CT molecular complexity index is 1230. The number of anilines is 3. The lowest BCUT2D eigenvalue weighted by Gasteiger charge is -2.20. The van der Waals surface area contributed by atoms with E-state index in [1.807, 2.05) is 11.9 Å². The van der Waals surface area contributed by atoms with Crippen LogP contribution in [0.4, 0.5) is 17.5 Å². The van der Waals surface area contributed by atoms with Gasteiger partial charge in [-0.15, -0.1) is 0 Å². The Morgan fingerprint density at radius 3 is 2.43 bits per heavy atom. The average Bonchev–Trinajstić information content (AvgIpc) is 2.86. The molecule has 5 N–H and O–H groups in total. The molecular weight excluding hydrogens is 456 g/mol. The number of esters is 2. The fourth-order valence-electron chi connectivity index (χ4n) is 3.26. The Morgan fingerprint density at radius 1 is 1.06 bits per heavy atom. The number of nitrogens with one attached hydrogen (secondary N) is 1. The predicted molar refractivity (Wildman–Crippen MR) is 127 cm³/mol. The molecule has 1 atom stereocenters. The van der Waals surface area contributed by atoms with Crippen LogP contribution in [0.2, 0.25) is 0 Å². The van der Waals surface area contributed by atoms with Crippen LogP contribution in [0.25, 0.3) is 11.2 Å². The smallest absolute Gasteiger partial charge is 0.328 e. The van der Waals surface area contributed by atoms with Crippen molar-refractivity contribution in [1.29, 1.82) is 0 Å². The molecule has 0 fully saturated rings. The van der Waals surface area contributed by atoms with Crippen LogP contribution in [0.5, 0.6) is 0 Å². The highest BCUT2D eigenvalue weighted by Crippen LogP contribution is 2.19. The molecular formula is C22H26N8O5. The summed E-state index contributed by atoms with van der Waals surface area (Å²) in [7, 11) is 4.31. The second-order valence-corrected chi connectivity index (χ2v) is 7.57. The summed E-state index contributed by atoms with van der Waals surface area (Å²) >= 11 is 0. The van der Waals surface area contributed by atoms with E-state index in [2.05, 4.69) is 30.0 Å². The molecule has 1 amide bonds. The number of hydrogen-bond donors (Lipinski definition) is 3. The fraction of sp³-hybridized carbons (Fsp3) is 0.318. The number of rotatable bonds is 9. The highest BCUT2D eigenvalue weighted by molar-refractivity contribution is 5.97. The van der Waals surface area contributed by atoms with E-state index >= 15 is 0 Å². The molecule has 0 saturated carbocycles. The average molecular weight is 483 g/mol. The van der Waals surface area contributed by atoms with Crippen LogP contribution in [-0.2, 0) is 25.6 Å². The van der Waals surface area contributed by atoms with Crippen LogP contribution in [0.3, 0.4) is 0 Å². The van der Waals surface area contributed by atoms with E-state index in [0.717, 1.165) is 5.69 Å². The van der Waals surface area contributed by atoms with Gasteiger partial charge in [0.15, 0.2) is 17.0 Å². The van der Waals surface area contributed by atoms with Crippen molar-refractivity contribution in [2.24, 2.45) is 0 Å². The number of benzene rings is 1. The summed E-state index contributed by atoms with van der Waals surface area (Å²) in [5.74, 6) is -1.44. The molecule has 1 aromatic carbocycles. The lowest BCUT2D eigenvalue weighted by Crippen LogP contribution is -2.41. The minimum Gasteiger partial charge on any atom is -0.469 e. The van der Waals surface area contributed by atoms with E-state index in [0.29, 0.717) is 29.0 Å². The standard InChI is InChI=1S/C22H26N8O5/c1-30(11-13-10-25-19-17(26-13)18(23)28-22(24)29-19)14-6-4-12(5-7-14)20(32)27-15(21(33)35-3)8-9-16(31)34-2/h4-7,10,15H,8-9,11H2,1-3H3,(H,27,32)(H4,23,24,25,28,29)/t15-/m1/s1. The van der Waals surface area contributed by atoms with Crippen LogP contribution in [-0.4, -0.2) is 65.1 Å². The number of hydrogen-bond acceptors (Lipinski definition) is 12. The number of carbonyl (C=O) groups is 3. The minimum atomic E-state index is -0.979. The summed E-state index contributed by atoms with van der Waals surface area (Å²) in [6.45, 7) is 0.399. The zero-order valence-electron chi connectivity index (χ0n) is 19.5. The molecule has 0 spiro atoms. The Balaban J connectivity index is 1.67. The molecule has 0 unspecified atom stereocenters. The first-order chi connectivity index (χ1) is 16.7. The van der Waals surface area contributed by atoms with Gasteiger partial charge in [-0.1, -0.05) is 0 Å². The topological polar surface area (TPSA) is 189 Å². The monoisotopic (exact) mass is 482 g/mol. The van der Waals surface area contributed by atoms with Gasteiger partial charge in [-0.05, 0) is 30.7 Å². The number of nitrogens with zero attached hydrogens (tertiary/aromatic N) is 5. The third kappa shape index (κ3) is 6.28. The second kappa shape index (κ2) is 11.0. The summed E-state index contributed by atoms with van der Waals surface area (Å²) in [5, 5.41) is 2.59. The van der Waals surface area contributed by atoms with Crippen LogP contribution in [0.15, 0.2) is 30.5 Å². The van der Waals surface area contributed by atoms with Gasteiger partial charge in [-0.25, -0.2) is 14.8 Å². The third-order valence-corrected chi connectivity index (χ3v) is 5.13. The van der Waals surface area contributed by atoms with Crippen molar-refractivity contribution in [2.75, 3.05) is 37.6 Å². The zero-order valence-corrected chi connectivity index (χ0v) is 19.5. The Hall–Kier alpha value is -4.55. The first-order valence-electron chi connectivity index (χ1n) is 10.5. The van der Waals surface area contributed by atoms with Crippen molar-refractivity contribution in [3.05, 3.63) is 41.7 Å². The number of nitrogens with two attached hydrogens (primary N) is 2. The molecule has 13 heteroatoms. The van der Waals surface area contributed by atoms with Crippen molar-refractivity contribution in [2.45, 2.75) is 25.4 Å². The predicted octanol–water partition coefficient (Wildman–Crippen LogP) is 0.445. The van der Waals surface area contributed by atoms with E-state index in [4.69, 9.17) is 16.2 Å². The maximum absolute atomic E-state index is 12.6. The molecule has 0 aliphatic heterocycles. The maximum atomic E-state index is 12.6. The van der Waals surface area contributed by atoms with Crippen LogP contribution in [0.1, 0.15) is 28.9 Å². The lowest BCUT2D eigenvalue weighted by molar-refractivity contribution is -0.144. The Morgan fingerprint density at radius 2 is 1.77 bits per heavy atom. The van der Waals surface area contributed by atoms with Crippen molar-refractivity contribution in [1.82, 2.24) is 25.3 Å². The minimum absolute atomic E-state index is 0.0275. The van der Waals surface area contributed by atoms with Gasteiger partial charge < -0.3 is 31.2 Å². The van der Waals surface area contributed by atoms with E-state index in [-0.39, 0.29) is 24.6 Å². The highest BCUT2D eigenvalue weighted by Gasteiger charge is 2.23. The Labute approximate surface area is 200 Å². The van der Waals surface area contributed by atoms with Gasteiger partial charge in [0.25, 0.3) is 5.91 Å². The summed E-state index contributed by atoms with van der Waals surface area (Å²) in [6.07, 6.45) is 1.59. The fourth-order valence-corrected chi connectivity index (χ4v) is 3.26. The number of amides is 1. The van der Waals surface area contributed by atoms with E-state index in [1.54, 1.807) is 30.5 Å². The van der Waals surface area contributed by atoms with Crippen LogP contribution >= 0.6 is 0 Å². The molecule has 0 saturated heterocycles. The van der Waals surface area contributed by atoms with Gasteiger partial charge >= 0.3 is 11.9 Å². The molecule has 0 bridgehead atoms. The molecule has 0 aliphatic rings. The van der Waals surface area contributed by atoms with Gasteiger partial charge in [-0.3, -0.25) is 9.59 Å². The number of carbonyl (C=O) groups excluding carboxylic acids is 3. The van der Waals surface area contributed by atoms with E-state index in [9.17, 15) is 14.4 Å². The van der Waals surface area contributed by atoms with Gasteiger partial charge in [0.2, 0.25) is 5.95 Å². The third-order valence-electron chi connectivity index (χ3n) is 5.13. The van der Waals surface area contributed by atoms with Crippen molar-refractivity contribution in [3.63, 3.8) is 0 Å². The van der Waals surface area contributed by atoms with E-state index < -0.39 is 23.9 Å². The number of fused-ring (bicyclic) bond motifs is 1. The molecule has 35 heavy (non-hydrogen) atoms. The maximum Gasteiger partial charge on any atom is 0.328 e. The molecule has 184 valence electrons. The molecule has 3 rings (SSSR count). The first kappa shape index (κ1) is 25.1. The van der Waals surface area contributed by atoms with Gasteiger partial charge in [0, 0.05) is 24.7 Å².